The van der Waals surface area contributed by atoms with Gasteiger partial charge in [0.15, 0.2) is 5.75 Å². The highest BCUT2D eigenvalue weighted by Crippen LogP contribution is 2.34. The summed E-state index contributed by atoms with van der Waals surface area (Å²) in [6.45, 7) is 1.19. The Morgan fingerprint density at radius 1 is 0.730 bits per heavy atom. The Labute approximate surface area is 217 Å². The van der Waals surface area contributed by atoms with Gasteiger partial charge in [0.2, 0.25) is 11.8 Å². The van der Waals surface area contributed by atoms with E-state index in [0.29, 0.717) is 36.8 Å². The molecule has 0 bridgehead atoms. The molecule has 0 radical (unpaired) electrons. The summed E-state index contributed by atoms with van der Waals surface area (Å²) < 4.78 is 6.21. The third kappa shape index (κ3) is 7.53. The highest BCUT2D eigenvalue weighted by atomic mass is 16.5. The maximum Gasteiger partial charge on any atom is 0.227 e. The number of nitrogens with zero attached hydrogens (tertiary/aromatic N) is 1. The summed E-state index contributed by atoms with van der Waals surface area (Å²) in [5.41, 5.74) is 9.37. The van der Waals surface area contributed by atoms with Crippen LogP contribution in [-0.4, -0.2) is 11.8 Å². The lowest BCUT2D eigenvalue weighted by Crippen LogP contribution is -2.32. The molecule has 0 aliphatic carbocycles. The number of amides is 2. The summed E-state index contributed by atoms with van der Waals surface area (Å²) in [5, 5.41) is 2.89. The Kier molecular flexibility index (Phi) is 9.05. The standard InChI is InChI=1S/C31H31N3O3/c32-21-26-14-9-15-27(20-26)37-29-17-8-7-16-28(29)34(23-25-12-5-2-6-13-25)31(36)19-18-30(35)33-22-24-10-3-1-4-11-24/h1-17,20H,18-19,21-23,32H2,(H,33,35). The molecule has 4 aromatic rings. The van der Waals surface area contributed by atoms with Crippen LogP contribution in [0.25, 0.3) is 0 Å². The minimum atomic E-state index is -0.167. The lowest BCUT2D eigenvalue weighted by molar-refractivity contribution is -0.125. The zero-order chi connectivity index (χ0) is 25.9. The van der Waals surface area contributed by atoms with Crippen molar-refractivity contribution < 1.29 is 14.3 Å². The molecule has 6 heteroatoms. The van der Waals surface area contributed by atoms with Crippen LogP contribution >= 0.6 is 0 Å². The number of hydrogen-bond donors (Lipinski definition) is 2. The molecule has 0 aliphatic heterocycles. The quantitative estimate of drug-likeness (QED) is 0.286. The summed E-state index contributed by atoms with van der Waals surface area (Å²) >= 11 is 0. The van der Waals surface area contributed by atoms with E-state index in [1.165, 1.54) is 0 Å². The smallest absolute Gasteiger partial charge is 0.227 e. The Hall–Kier alpha value is -4.42. The van der Waals surface area contributed by atoms with Crippen molar-refractivity contribution in [1.29, 1.82) is 0 Å². The van der Waals surface area contributed by atoms with E-state index >= 15 is 0 Å². The molecule has 0 saturated carbocycles. The van der Waals surface area contributed by atoms with Gasteiger partial charge in [-0.15, -0.1) is 0 Å². The molecule has 188 valence electrons. The van der Waals surface area contributed by atoms with Crippen molar-refractivity contribution in [3.05, 3.63) is 126 Å². The van der Waals surface area contributed by atoms with Crippen LogP contribution in [-0.2, 0) is 29.2 Å². The number of para-hydroxylation sites is 2. The van der Waals surface area contributed by atoms with Crippen molar-refractivity contribution in [3.8, 4) is 11.5 Å². The minimum absolute atomic E-state index is 0.0739. The van der Waals surface area contributed by atoms with Gasteiger partial charge in [-0.1, -0.05) is 84.9 Å². The van der Waals surface area contributed by atoms with Crippen LogP contribution in [0.3, 0.4) is 0 Å². The molecule has 0 atom stereocenters. The molecule has 4 rings (SSSR count). The molecule has 37 heavy (non-hydrogen) atoms. The van der Waals surface area contributed by atoms with Crippen molar-refractivity contribution in [1.82, 2.24) is 5.32 Å². The monoisotopic (exact) mass is 493 g/mol. The molecule has 2 amide bonds. The van der Waals surface area contributed by atoms with Crippen LogP contribution in [0.2, 0.25) is 0 Å². The number of carbonyl (C=O) groups is 2. The second kappa shape index (κ2) is 13.0. The van der Waals surface area contributed by atoms with E-state index in [2.05, 4.69) is 5.32 Å². The summed E-state index contributed by atoms with van der Waals surface area (Å²) in [5.74, 6) is 0.864. The largest absolute Gasteiger partial charge is 0.455 e. The summed E-state index contributed by atoms with van der Waals surface area (Å²) in [6, 6.07) is 34.5. The molecule has 6 nitrogen and oxygen atoms in total. The zero-order valence-electron chi connectivity index (χ0n) is 20.7. The fourth-order valence-electron chi connectivity index (χ4n) is 3.94. The van der Waals surface area contributed by atoms with Crippen molar-refractivity contribution in [2.24, 2.45) is 5.73 Å². The van der Waals surface area contributed by atoms with E-state index < -0.39 is 0 Å². The van der Waals surface area contributed by atoms with E-state index in [1.807, 2.05) is 109 Å². The third-order valence-corrected chi connectivity index (χ3v) is 5.90. The van der Waals surface area contributed by atoms with Crippen LogP contribution in [0.15, 0.2) is 109 Å². The van der Waals surface area contributed by atoms with Crippen molar-refractivity contribution in [3.63, 3.8) is 0 Å². The van der Waals surface area contributed by atoms with E-state index in [4.69, 9.17) is 10.5 Å². The van der Waals surface area contributed by atoms with Gasteiger partial charge in [-0.3, -0.25) is 9.59 Å². The molecule has 4 aromatic carbocycles. The van der Waals surface area contributed by atoms with Crippen LogP contribution in [0.4, 0.5) is 5.69 Å². The van der Waals surface area contributed by atoms with Gasteiger partial charge in [0.1, 0.15) is 5.75 Å². The number of benzene rings is 4. The first-order chi connectivity index (χ1) is 18.1. The second-order valence-electron chi connectivity index (χ2n) is 8.65. The molecule has 0 fully saturated rings. The van der Waals surface area contributed by atoms with E-state index in [1.54, 1.807) is 4.90 Å². The molecular formula is C31H31N3O3. The van der Waals surface area contributed by atoms with Crippen molar-refractivity contribution >= 4 is 17.5 Å². The van der Waals surface area contributed by atoms with E-state index in [-0.39, 0.29) is 24.7 Å². The lowest BCUT2D eigenvalue weighted by Gasteiger charge is -2.25. The first-order valence-corrected chi connectivity index (χ1v) is 12.3. The Bertz CT molecular complexity index is 1310. The second-order valence-corrected chi connectivity index (χ2v) is 8.65. The molecule has 3 N–H and O–H groups in total. The maximum absolute atomic E-state index is 13.5. The molecule has 0 aliphatic rings. The fourth-order valence-corrected chi connectivity index (χ4v) is 3.94. The summed E-state index contributed by atoms with van der Waals surface area (Å²) in [6.07, 6.45) is 0.170. The fraction of sp³-hybridized carbons (Fsp3) is 0.161. The van der Waals surface area contributed by atoms with Gasteiger partial charge in [0.25, 0.3) is 0 Å². The Morgan fingerprint density at radius 3 is 2.11 bits per heavy atom. The molecule has 0 saturated heterocycles. The average Bonchev–Trinajstić information content (AvgIpc) is 2.95. The van der Waals surface area contributed by atoms with Gasteiger partial charge in [-0.05, 0) is 41.0 Å². The van der Waals surface area contributed by atoms with E-state index in [0.717, 1.165) is 16.7 Å². The lowest BCUT2D eigenvalue weighted by atomic mass is 10.1. The maximum atomic E-state index is 13.5. The zero-order valence-corrected chi connectivity index (χ0v) is 20.7. The predicted molar refractivity (Wildman–Crippen MR) is 146 cm³/mol. The molecule has 0 unspecified atom stereocenters. The molecular weight excluding hydrogens is 462 g/mol. The van der Waals surface area contributed by atoms with Gasteiger partial charge in [0, 0.05) is 25.9 Å². The number of nitrogens with two attached hydrogens (primary N) is 1. The van der Waals surface area contributed by atoms with Crippen LogP contribution in [0, 0.1) is 0 Å². The van der Waals surface area contributed by atoms with Gasteiger partial charge >= 0.3 is 0 Å². The number of nitrogens with one attached hydrogen (secondary N) is 1. The van der Waals surface area contributed by atoms with E-state index in [9.17, 15) is 9.59 Å². The van der Waals surface area contributed by atoms with Crippen molar-refractivity contribution in [2.75, 3.05) is 4.90 Å². The first-order valence-electron chi connectivity index (χ1n) is 12.3. The van der Waals surface area contributed by atoms with Crippen LogP contribution in [0.1, 0.15) is 29.5 Å². The summed E-state index contributed by atoms with van der Waals surface area (Å²) in [7, 11) is 0. The first kappa shape index (κ1) is 25.7. The normalized spacial score (nSPS) is 10.5. The highest BCUT2D eigenvalue weighted by molar-refractivity contribution is 5.96. The van der Waals surface area contributed by atoms with Gasteiger partial charge in [-0.25, -0.2) is 0 Å². The van der Waals surface area contributed by atoms with Gasteiger partial charge in [0.05, 0.1) is 12.2 Å². The van der Waals surface area contributed by atoms with Crippen LogP contribution in [0.5, 0.6) is 11.5 Å². The third-order valence-electron chi connectivity index (χ3n) is 5.90. The minimum Gasteiger partial charge on any atom is -0.455 e. The molecule has 0 heterocycles. The number of hydrogen-bond acceptors (Lipinski definition) is 4. The Morgan fingerprint density at radius 2 is 1.38 bits per heavy atom. The predicted octanol–water partition coefficient (Wildman–Crippen LogP) is 5.57. The highest BCUT2D eigenvalue weighted by Gasteiger charge is 2.21. The van der Waals surface area contributed by atoms with Crippen LogP contribution < -0.4 is 20.7 Å². The average molecular weight is 494 g/mol. The van der Waals surface area contributed by atoms with Gasteiger partial charge < -0.3 is 20.7 Å². The number of ether oxygens (including phenoxy) is 1. The number of anilines is 1. The number of rotatable bonds is 11. The van der Waals surface area contributed by atoms with Gasteiger partial charge in [-0.2, -0.15) is 0 Å². The van der Waals surface area contributed by atoms with Crippen molar-refractivity contribution in [2.45, 2.75) is 32.5 Å². The Balaban J connectivity index is 1.51. The SMILES string of the molecule is NCc1cccc(Oc2ccccc2N(Cc2ccccc2)C(=O)CCC(=O)NCc2ccccc2)c1. The molecule has 0 aromatic heterocycles. The summed E-state index contributed by atoms with van der Waals surface area (Å²) in [4.78, 5) is 27.7. The topological polar surface area (TPSA) is 84.7 Å². The molecule has 0 spiro atoms. The number of carbonyl (C=O) groups excluding carboxylic acids is 2.